The van der Waals surface area contributed by atoms with Gasteiger partial charge in [-0.1, -0.05) is 51.3 Å². The second kappa shape index (κ2) is 8.92. The van der Waals surface area contributed by atoms with Crippen LogP contribution in [-0.4, -0.2) is 47.7 Å². The van der Waals surface area contributed by atoms with Gasteiger partial charge in [-0.2, -0.15) is 0 Å². The summed E-state index contributed by atoms with van der Waals surface area (Å²) < 4.78 is 5.38. The molecule has 4 aliphatic rings. The van der Waals surface area contributed by atoms with Crippen LogP contribution in [0.4, 0.5) is 0 Å². The van der Waals surface area contributed by atoms with Gasteiger partial charge in [0.05, 0.1) is 18.1 Å². The van der Waals surface area contributed by atoms with Crippen molar-refractivity contribution >= 4 is 11.6 Å². The fourth-order valence-electron chi connectivity index (χ4n) is 8.91. The number of carbonyl (C=O) groups excluding carboxylic acids is 2. The highest BCUT2D eigenvalue weighted by Crippen LogP contribution is 2.70. The molecule has 1 saturated carbocycles. The van der Waals surface area contributed by atoms with Crippen LogP contribution in [-0.2, 0) is 14.3 Å². The first-order valence-corrected chi connectivity index (χ1v) is 13.7. The lowest BCUT2D eigenvalue weighted by Crippen LogP contribution is -2.57. The van der Waals surface area contributed by atoms with Crippen LogP contribution >= 0.6 is 0 Å². The van der Waals surface area contributed by atoms with Crippen LogP contribution in [0.2, 0.25) is 0 Å². The Balaban J connectivity index is 1.71. The number of ether oxygens (including phenoxy) is 1. The molecule has 0 amide bonds. The highest BCUT2D eigenvalue weighted by molar-refractivity contribution is 6.02. The van der Waals surface area contributed by atoms with Gasteiger partial charge in [-0.25, -0.2) is 0 Å². The Kier molecular flexibility index (Phi) is 6.82. The van der Waals surface area contributed by atoms with Crippen LogP contribution in [0.1, 0.15) is 92.9 Å². The van der Waals surface area contributed by atoms with Crippen molar-refractivity contribution in [1.82, 2.24) is 0 Å². The van der Waals surface area contributed by atoms with Gasteiger partial charge >= 0.3 is 0 Å². The molecule has 0 saturated heterocycles. The number of carbonyl (C=O) groups is 2. The topological polar surface area (TPSA) is 83.8 Å². The van der Waals surface area contributed by atoms with E-state index in [0.29, 0.717) is 19.3 Å². The molecule has 0 aliphatic heterocycles. The van der Waals surface area contributed by atoms with Crippen LogP contribution in [0, 0.1) is 33.5 Å². The van der Waals surface area contributed by atoms with Crippen molar-refractivity contribution in [3.63, 3.8) is 0 Å². The third kappa shape index (κ3) is 3.51. The molecule has 0 spiro atoms. The van der Waals surface area contributed by atoms with Crippen molar-refractivity contribution in [2.45, 2.75) is 105 Å². The van der Waals surface area contributed by atoms with E-state index in [4.69, 9.17) is 4.74 Å². The Labute approximate surface area is 211 Å². The Morgan fingerprint density at radius 3 is 2.43 bits per heavy atom. The van der Waals surface area contributed by atoms with Gasteiger partial charge in [0, 0.05) is 24.4 Å². The molecule has 0 aromatic rings. The molecule has 8 unspecified atom stereocenters. The summed E-state index contributed by atoms with van der Waals surface area (Å²) in [6, 6.07) is 0. The Morgan fingerprint density at radius 1 is 1.14 bits per heavy atom. The molecule has 4 rings (SSSR count). The van der Waals surface area contributed by atoms with Gasteiger partial charge in [-0.15, -0.1) is 0 Å². The first kappa shape index (κ1) is 26.8. The van der Waals surface area contributed by atoms with E-state index in [2.05, 4.69) is 27.7 Å². The monoisotopic (exact) mass is 486 g/mol. The van der Waals surface area contributed by atoms with E-state index in [9.17, 15) is 19.8 Å². The Hall–Kier alpha value is -1.30. The molecule has 0 heterocycles. The summed E-state index contributed by atoms with van der Waals surface area (Å²) in [4.78, 5) is 26.7. The lowest BCUT2D eigenvalue weighted by Gasteiger charge is -2.61. The number of hydrogen-bond donors (Lipinski definition) is 2. The molecule has 0 aromatic carbocycles. The number of ketones is 2. The number of hydrogen-bond acceptors (Lipinski definition) is 5. The van der Waals surface area contributed by atoms with Crippen molar-refractivity contribution in [2.24, 2.45) is 33.5 Å². The van der Waals surface area contributed by atoms with Gasteiger partial charge in [-0.3, -0.25) is 9.59 Å². The summed E-state index contributed by atoms with van der Waals surface area (Å²) in [5, 5.41) is 21.2. The molecule has 0 aromatic heterocycles. The lowest BCUT2D eigenvalue weighted by molar-refractivity contribution is -0.133. The predicted molar refractivity (Wildman–Crippen MR) is 137 cm³/mol. The summed E-state index contributed by atoms with van der Waals surface area (Å²) in [7, 11) is 1.59. The minimum absolute atomic E-state index is 0.000871. The zero-order chi connectivity index (χ0) is 26.0. The molecular weight excluding hydrogens is 440 g/mol. The van der Waals surface area contributed by atoms with E-state index >= 15 is 0 Å². The average molecular weight is 487 g/mol. The summed E-state index contributed by atoms with van der Waals surface area (Å²) >= 11 is 0. The molecule has 8 atom stereocenters. The molecule has 1 fully saturated rings. The standard InChI is InChI=1S/C30H46O5/c1-8-23(35-7)22(32)15-18(2)21-16-26(34)30(6)20-9-10-24-27(3,19(20)11-14-29(21,30)5)13-12-25(33)28(24,4)17-31/h16,18,23-25,31,33H,8-15,17H2,1-7H3. The molecule has 2 N–H and O–H groups in total. The van der Waals surface area contributed by atoms with Crippen molar-refractivity contribution in [3.05, 3.63) is 22.8 Å². The molecular formula is C30H46O5. The number of rotatable bonds is 7. The molecule has 4 aliphatic carbocycles. The second-order valence-electron chi connectivity index (χ2n) is 12.8. The third-order valence-corrected chi connectivity index (χ3v) is 11.4. The van der Waals surface area contributed by atoms with Gasteiger partial charge in [0.25, 0.3) is 0 Å². The van der Waals surface area contributed by atoms with Gasteiger partial charge in [0.2, 0.25) is 0 Å². The maximum atomic E-state index is 13.8. The molecule has 35 heavy (non-hydrogen) atoms. The summed E-state index contributed by atoms with van der Waals surface area (Å²) in [5.74, 6) is 0.499. The zero-order valence-corrected chi connectivity index (χ0v) is 22.9. The van der Waals surface area contributed by atoms with Crippen molar-refractivity contribution in [3.8, 4) is 0 Å². The number of aliphatic hydroxyl groups excluding tert-OH is 2. The summed E-state index contributed by atoms with van der Waals surface area (Å²) in [6.45, 7) is 12.8. The Bertz CT molecular complexity index is 960. The maximum Gasteiger partial charge on any atom is 0.166 e. The predicted octanol–water partition coefficient (Wildman–Crippen LogP) is 5.19. The first-order valence-electron chi connectivity index (χ1n) is 13.7. The quantitative estimate of drug-likeness (QED) is 0.484. The van der Waals surface area contributed by atoms with Gasteiger partial charge in [0.1, 0.15) is 6.10 Å². The van der Waals surface area contributed by atoms with Crippen molar-refractivity contribution in [2.75, 3.05) is 13.7 Å². The third-order valence-electron chi connectivity index (χ3n) is 11.4. The smallest absolute Gasteiger partial charge is 0.166 e. The SMILES string of the molecule is CCC(OC)C(=O)CC(C)C1=CC(=O)C2(C)C3=C(CCC12C)C1(C)CCC(O)C(C)(CO)C1CC3. The highest BCUT2D eigenvalue weighted by atomic mass is 16.5. The first-order chi connectivity index (χ1) is 16.3. The van der Waals surface area contributed by atoms with Gasteiger partial charge in [0.15, 0.2) is 11.6 Å². The fraction of sp³-hybridized carbons (Fsp3) is 0.800. The normalized spacial score (nSPS) is 42.7. The molecule has 0 radical (unpaired) electrons. The van der Waals surface area contributed by atoms with E-state index in [-0.39, 0.29) is 46.9 Å². The minimum atomic E-state index is -0.585. The highest BCUT2D eigenvalue weighted by Gasteiger charge is 2.64. The zero-order valence-electron chi connectivity index (χ0n) is 22.9. The van der Waals surface area contributed by atoms with E-state index in [0.717, 1.165) is 37.7 Å². The van der Waals surface area contributed by atoms with Crippen molar-refractivity contribution < 1.29 is 24.5 Å². The van der Waals surface area contributed by atoms with Crippen LogP contribution in [0.15, 0.2) is 22.8 Å². The Morgan fingerprint density at radius 2 is 1.83 bits per heavy atom. The van der Waals surface area contributed by atoms with Crippen molar-refractivity contribution in [1.29, 1.82) is 0 Å². The van der Waals surface area contributed by atoms with Crippen LogP contribution < -0.4 is 0 Å². The number of methoxy groups -OCH3 is 1. The van der Waals surface area contributed by atoms with Gasteiger partial charge in [-0.05, 0) is 75.2 Å². The number of allylic oxidation sites excluding steroid dienone is 4. The summed E-state index contributed by atoms with van der Waals surface area (Å²) in [6.07, 6.45) is 7.19. The van der Waals surface area contributed by atoms with Crippen LogP contribution in [0.25, 0.3) is 0 Å². The average Bonchev–Trinajstić information content (AvgIpc) is 3.04. The maximum absolute atomic E-state index is 13.8. The largest absolute Gasteiger partial charge is 0.396 e. The number of aliphatic hydroxyl groups is 2. The van der Waals surface area contributed by atoms with Gasteiger partial charge < -0.3 is 14.9 Å². The lowest BCUT2D eigenvalue weighted by atomic mass is 9.43. The van der Waals surface area contributed by atoms with E-state index in [1.54, 1.807) is 7.11 Å². The summed E-state index contributed by atoms with van der Waals surface area (Å²) in [5.41, 5.74) is 2.35. The number of Topliss-reactive ketones (excluding diaryl/α,β-unsaturated/α-hetero) is 1. The molecule has 196 valence electrons. The van der Waals surface area contributed by atoms with Crippen LogP contribution in [0.3, 0.4) is 0 Å². The molecule has 0 bridgehead atoms. The number of fused-ring (bicyclic) bond motifs is 4. The molecule has 5 nitrogen and oxygen atoms in total. The van der Waals surface area contributed by atoms with E-state index in [1.165, 1.54) is 11.1 Å². The second-order valence-corrected chi connectivity index (χ2v) is 12.8. The minimum Gasteiger partial charge on any atom is -0.396 e. The van der Waals surface area contributed by atoms with E-state index < -0.39 is 16.9 Å². The fourth-order valence-corrected chi connectivity index (χ4v) is 8.91. The molecule has 5 heteroatoms. The van der Waals surface area contributed by atoms with E-state index in [1.807, 2.05) is 19.9 Å². The van der Waals surface area contributed by atoms with Crippen LogP contribution in [0.5, 0.6) is 0 Å².